The maximum atomic E-state index is 13.2. The summed E-state index contributed by atoms with van der Waals surface area (Å²) in [5.41, 5.74) is 0.367. The molecule has 0 aromatic carbocycles. The van der Waals surface area contributed by atoms with Gasteiger partial charge in [0.15, 0.2) is 0 Å². The number of hydrogen-bond donors (Lipinski definition) is 1. The molecule has 0 saturated heterocycles. The fourth-order valence-electron chi connectivity index (χ4n) is 1.15. The van der Waals surface area contributed by atoms with Crippen LogP contribution in [0.4, 0.5) is 4.39 Å². The van der Waals surface area contributed by atoms with Gasteiger partial charge >= 0.3 is 5.97 Å². The zero-order valence-corrected chi connectivity index (χ0v) is 8.58. The molecule has 1 heterocycles. The van der Waals surface area contributed by atoms with Crippen LogP contribution in [0.2, 0.25) is 0 Å². The number of carbonyl (C=O) groups is 1. The molecule has 0 fully saturated rings. The molecule has 0 amide bonds. The van der Waals surface area contributed by atoms with E-state index in [0.717, 1.165) is 6.07 Å². The summed E-state index contributed by atoms with van der Waals surface area (Å²) >= 11 is 0. The number of ether oxygens (including phenoxy) is 1. The van der Waals surface area contributed by atoms with Crippen molar-refractivity contribution in [2.24, 2.45) is 0 Å². The highest BCUT2D eigenvalue weighted by molar-refractivity contribution is 5.71. The van der Waals surface area contributed by atoms with Crippen molar-refractivity contribution in [1.82, 2.24) is 4.98 Å². The Morgan fingerprint density at radius 2 is 2.27 bits per heavy atom. The number of methoxy groups -OCH3 is 1. The largest absolute Gasteiger partial charge is 0.506 e. The van der Waals surface area contributed by atoms with Crippen LogP contribution in [-0.4, -0.2) is 23.2 Å². The highest BCUT2D eigenvalue weighted by Gasteiger charge is 2.13. The van der Waals surface area contributed by atoms with Crippen molar-refractivity contribution >= 4 is 5.97 Å². The van der Waals surface area contributed by atoms with Crippen LogP contribution >= 0.6 is 0 Å². The van der Waals surface area contributed by atoms with Crippen molar-refractivity contribution in [3.63, 3.8) is 0 Å². The molecule has 0 atom stereocenters. The van der Waals surface area contributed by atoms with Crippen LogP contribution in [-0.2, 0) is 22.4 Å². The first-order chi connectivity index (χ1) is 7.08. The van der Waals surface area contributed by atoms with Gasteiger partial charge in [-0.3, -0.25) is 9.78 Å². The van der Waals surface area contributed by atoms with Gasteiger partial charge in [-0.2, -0.15) is 0 Å². The summed E-state index contributed by atoms with van der Waals surface area (Å²) in [6, 6.07) is 0.962. The minimum atomic E-state index is -0.699. The number of aryl methyl sites for hydroxylation is 1. The molecule has 1 aromatic heterocycles. The van der Waals surface area contributed by atoms with Crippen LogP contribution in [0.5, 0.6) is 5.75 Å². The van der Waals surface area contributed by atoms with E-state index in [4.69, 9.17) is 0 Å². The van der Waals surface area contributed by atoms with E-state index >= 15 is 0 Å². The molecule has 0 bridgehead atoms. The summed E-state index contributed by atoms with van der Waals surface area (Å²) in [6.45, 7) is 1.78. The van der Waals surface area contributed by atoms with Crippen molar-refractivity contribution in [3.8, 4) is 5.75 Å². The molecule has 5 heteroatoms. The number of esters is 1. The quantitative estimate of drug-likeness (QED) is 0.766. The molecule has 0 aliphatic carbocycles. The first-order valence-electron chi connectivity index (χ1n) is 4.52. The van der Waals surface area contributed by atoms with Gasteiger partial charge in [0, 0.05) is 6.07 Å². The Morgan fingerprint density at radius 3 is 2.80 bits per heavy atom. The van der Waals surface area contributed by atoms with E-state index < -0.39 is 11.8 Å². The molecule has 0 spiro atoms. The number of hydrogen-bond acceptors (Lipinski definition) is 4. The van der Waals surface area contributed by atoms with E-state index in [1.54, 1.807) is 6.92 Å². The lowest BCUT2D eigenvalue weighted by Crippen LogP contribution is -2.09. The third-order valence-corrected chi connectivity index (χ3v) is 1.98. The highest BCUT2D eigenvalue weighted by atomic mass is 19.1. The standard InChI is InChI=1S/C10H12FNO3/c1-3-7-9(13)4-6(11)8(12-7)5-10(14)15-2/h4,13H,3,5H2,1-2H3. The van der Waals surface area contributed by atoms with Crippen LogP contribution in [0.3, 0.4) is 0 Å². The lowest BCUT2D eigenvalue weighted by molar-refractivity contribution is -0.139. The zero-order valence-electron chi connectivity index (χ0n) is 8.58. The van der Waals surface area contributed by atoms with E-state index in [1.165, 1.54) is 7.11 Å². The third-order valence-electron chi connectivity index (χ3n) is 1.98. The molecule has 1 N–H and O–H groups in total. The minimum absolute atomic E-state index is 0.00324. The number of aromatic hydroxyl groups is 1. The number of nitrogens with zero attached hydrogens (tertiary/aromatic N) is 1. The second-order valence-corrected chi connectivity index (χ2v) is 2.99. The van der Waals surface area contributed by atoms with Gasteiger partial charge in [0.2, 0.25) is 0 Å². The molecule has 1 rings (SSSR count). The van der Waals surface area contributed by atoms with E-state index in [0.29, 0.717) is 12.1 Å². The minimum Gasteiger partial charge on any atom is -0.506 e. The van der Waals surface area contributed by atoms with E-state index in [2.05, 4.69) is 9.72 Å². The number of carbonyl (C=O) groups excluding carboxylic acids is 1. The number of halogens is 1. The molecule has 0 saturated carbocycles. The Balaban J connectivity index is 3.02. The van der Waals surface area contributed by atoms with Gasteiger partial charge in [0.05, 0.1) is 24.9 Å². The number of rotatable bonds is 3. The van der Waals surface area contributed by atoms with Crippen molar-refractivity contribution in [1.29, 1.82) is 0 Å². The predicted molar refractivity (Wildman–Crippen MR) is 51.0 cm³/mol. The lowest BCUT2D eigenvalue weighted by atomic mass is 10.2. The number of pyridine rings is 1. The first kappa shape index (κ1) is 11.4. The van der Waals surface area contributed by atoms with Crippen LogP contribution < -0.4 is 0 Å². The van der Waals surface area contributed by atoms with Gasteiger partial charge in [0.1, 0.15) is 11.6 Å². The van der Waals surface area contributed by atoms with Gasteiger partial charge in [-0.25, -0.2) is 4.39 Å². The Morgan fingerprint density at radius 1 is 1.60 bits per heavy atom. The van der Waals surface area contributed by atoms with Crippen molar-refractivity contribution in [3.05, 3.63) is 23.3 Å². The molecule has 1 aromatic rings. The summed E-state index contributed by atoms with van der Waals surface area (Å²) in [7, 11) is 1.22. The summed E-state index contributed by atoms with van der Waals surface area (Å²) in [4.78, 5) is 14.8. The van der Waals surface area contributed by atoms with Gasteiger partial charge < -0.3 is 9.84 Å². The lowest BCUT2D eigenvalue weighted by Gasteiger charge is -2.05. The molecule has 0 aliphatic heterocycles. The Hall–Kier alpha value is -1.65. The summed E-state index contributed by atoms with van der Waals surface area (Å²) in [5.74, 6) is -1.45. The monoisotopic (exact) mass is 213 g/mol. The van der Waals surface area contributed by atoms with Crippen LogP contribution in [0.25, 0.3) is 0 Å². The van der Waals surface area contributed by atoms with Crippen LogP contribution in [0.15, 0.2) is 6.07 Å². The normalized spacial score (nSPS) is 10.1. The third kappa shape index (κ3) is 2.65. The summed E-state index contributed by atoms with van der Waals surface area (Å²) in [6.07, 6.45) is 0.246. The fourth-order valence-corrected chi connectivity index (χ4v) is 1.15. The molecular formula is C10H12FNO3. The first-order valence-corrected chi connectivity index (χ1v) is 4.52. The average Bonchev–Trinajstić information content (AvgIpc) is 2.21. The molecule has 0 radical (unpaired) electrons. The maximum Gasteiger partial charge on any atom is 0.311 e. The number of aromatic nitrogens is 1. The highest BCUT2D eigenvalue weighted by Crippen LogP contribution is 2.19. The van der Waals surface area contributed by atoms with Gasteiger partial charge in [0.25, 0.3) is 0 Å². The molecular weight excluding hydrogens is 201 g/mol. The summed E-state index contributed by atoms with van der Waals surface area (Å²) in [5, 5.41) is 9.29. The topological polar surface area (TPSA) is 59.4 Å². The Labute approximate surface area is 86.7 Å². The van der Waals surface area contributed by atoms with Crippen molar-refractivity contribution < 1.29 is 19.0 Å². The van der Waals surface area contributed by atoms with Crippen LogP contribution in [0, 0.1) is 5.82 Å². The molecule has 0 unspecified atom stereocenters. The SMILES string of the molecule is CCc1nc(CC(=O)OC)c(F)cc1O. The average molecular weight is 213 g/mol. The predicted octanol–water partition coefficient (Wildman–Crippen LogP) is 1.20. The molecule has 15 heavy (non-hydrogen) atoms. The van der Waals surface area contributed by atoms with Gasteiger partial charge in [-0.15, -0.1) is 0 Å². The fraction of sp³-hybridized carbons (Fsp3) is 0.400. The van der Waals surface area contributed by atoms with E-state index in [9.17, 15) is 14.3 Å². The molecule has 82 valence electrons. The van der Waals surface area contributed by atoms with Crippen molar-refractivity contribution in [2.45, 2.75) is 19.8 Å². The maximum absolute atomic E-state index is 13.2. The Bertz CT molecular complexity index is 379. The van der Waals surface area contributed by atoms with Gasteiger partial charge in [-0.1, -0.05) is 6.92 Å². The van der Waals surface area contributed by atoms with E-state index in [1.807, 2.05) is 0 Å². The second kappa shape index (κ2) is 4.72. The zero-order chi connectivity index (χ0) is 11.4. The second-order valence-electron chi connectivity index (χ2n) is 2.99. The smallest absolute Gasteiger partial charge is 0.311 e. The summed E-state index contributed by atoms with van der Waals surface area (Å²) < 4.78 is 17.6. The molecule has 0 aliphatic rings. The van der Waals surface area contributed by atoms with Gasteiger partial charge in [-0.05, 0) is 6.42 Å². The van der Waals surface area contributed by atoms with Crippen LogP contribution in [0.1, 0.15) is 18.3 Å². The molecule has 4 nitrogen and oxygen atoms in total. The van der Waals surface area contributed by atoms with E-state index in [-0.39, 0.29) is 17.9 Å². The van der Waals surface area contributed by atoms with Crippen molar-refractivity contribution in [2.75, 3.05) is 7.11 Å². The Kier molecular flexibility index (Phi) is 3.60.